The van der Waals surface area contributed by atoms with Gasteiger partial charge in [-0.25, -0.2) is 36.9 Å². The summed E-state index contributed by atoms with van der Waals surface area (Å²) in [7, 11) is 0. The Hall–Kier alpha value is -4.66. The number of halogens is 4. The second-order valence-electron chi connectivity index (χ2n) is 14.1. The fourth-order valence-corrected chi connectivity index (χ4v) is 6.58. The van der Waals surface area contributed by atoms with Crippen molar-refractivity contribution < 1.29 is 27.8 Å². The van der Waals surface area contributed by atoms with Gasteiger partial charge < -0.3 is 20.8 Å². The van der Waals surface area contributed by atoms with Crippen molar-refractivity contribution in [3.05, 3.63) is 126 Å². The number of hydrogen-bond acceptors (Lipinski definition) is 8. The van der Waals surface area contributed by atoms with E-state index in [2.05, 4.69) is 44.6 Å². The van der Waals surface area contributed by atoms with Crippen LogP contribution in [0.3, 0.4) is 0 Å². The van der Waals surface area contributed by atoms with Crippen molar-refractivity contribution in [3.63, 3.8) is 0 Å². The maximum atomic E-state index is 14.4. The summed E-state index contributed by atoms with van der Waals surface area (Å²) >= 11 is 0. The highest BCUT2D eigenvalue weighted by molar-refractivity contribution is 5.46. The summed E-state index contributed by atoms with van der Waals surface area (Å²) in [6.07, 6.45) is 13.8. The van der Waals surface area contributed by atoms with Crippen molar-refractivity contribution in [1.82, 2.24) is 34.8 Å². The molecule has 0 radical (unpaired) electrons. The van der Waals surface area contributed by atoms with E-state index in [9.17, 15) is 27.8 Å². The van der Waals surface area contributed by atoms with Gasteiger partial charge in [-0.2, -0.15) is 10.2 Å². The van der Waals surface area contributed by atoms with Gasteiger partial charge in [-0.3, -0.25) is 0 Å². The van der Waals surface area contributed by atoms with Crippen LogP contribution in [0.4, 0.5) is 23.2 Å². The van der Waals surface area contributed by atoms with Crippen molar-refractivity contribution in [2.24, 2.45) is 0 Å². The Balaban J connectivity index is 0.000000204. The van der Waals surface area contributed by atoms with Crippen molar-refractivity contribution in [1.29, 1.82) is 0 Å². The number of rotatable bonds is 13. The molecule has 1 aliphatic carbocycles. The van der Waals surface area contributed by atoms with Crippen LogP contribution in [0.5, 0.6) is 0 Å². The molecule has 10 nitrogen and oxygen atoms in total. The van der Waals surface area contributed by atoms with Crippen molar-refractivity contribution in [2.75, 3.05) is 18.4 Å². The molecule has 0 spiro atoms. The second kappa shape index (κ2) is 18.4. The van der Waals surface area contributed by atoms with E-state index in [1.165, 1.54) is 77.7 Å². The largest absolute Gasteiger partial charge is 0.382 e. The minimum Gasteiger partial charge on any atom is -0.382 e. The van der Waals surface area contributed by atoms with E-state index < -0.39 is 34.5 Å². The highest BCUT2D eigenvalue weighted by Gasteiger charge is 2.35. The van der Waals surface area contributed by atoms with Gasteiger partial charge in [0.1, 0.15) is 59.8 Å². The van der Waals surface area contributed by atoms with Gasteiger partial charge in [0.15, 0.2) is 0 Å². The van der Waals surface area contributed by atoms with Crippen LogP contribution in [0.1, 0.15) is 81.4 Å². The van der Waals surface area contributed by atoms with Crippen LogP contribution < -0.4 is 10.6 Å². The zero-order chi connectivity index (χ0) is 37.8. The molecule has 0 bridgehead atoms. The molecule has 14 heteroatoms. The van der Waals surface area contributed by atoms with Crippen LogP contribution in [-0.4, -0.2) is 58.9 Å². The number of nitrogens with one attached hydrogen (secondary N) is 2. The van der Waals surface area contributed by atoms with Gasteiger partial charge in [0.05, 0.1) is 13.1 Å². The van der Waals surface area contributed by atoms with Crippen LogP contribution >= 0.6 is 0 Å². The summed E-state index contributed by atoms with van der Waals surface area (Å²) in [6, 6.07) is 14.5. The molecule has 4 N–H and O–H groups in total. The SMILES string of the molecule is CC(C)c1ccc(NCC(O)(Cn2cncn2)c2ccc(F)cc2F)cc1.OC(CNC1CCCCCCC1)(Cn1cncn1)c1ccc(F)cc1F. The van der Waals surface area contributed by atoms with Gasteiger partial charge in [-0.15, -0.1) is 0 Å². The lowest BCUT2D eigenvalue weighted by Gasteiger charge is -2.32. The molecular weight excluding hydrogens is 688 g/mol. The topological polar surface area (TPSA) is 126 Å². The molecule has 53 heavy (non-hydrogen) atoms. The first-order valence-electron chi connectivity index (χ1n) is 18.0. The number of aliphatic hydroxyl groups is 2. The van der Waals surface area contributed by atoms with E-state index in [0.29, 0.717) is 12.0 Å². The lowest BCUT2D eigenvalue weighted by atomic mass is 9.91. The smallest absolute Gasteiger partial charge is 0.137 e. The highest BCUT2D eigenvalue weighted by atomic mass is 19.1. The van der Waals surface area contributed by atoms with Gasteiger partial charge in [0.25, 0.3) is 0 Å². The Morgan fingerprint density at radius 3 is 1.64 bits per heavy atom. The molecule has 2 heterocycles. The van der Waals surface area contributed by atoms with Crippen LogP contribution in [0.25, 0.3) is 0 Å². The summed E-state index contributed by atoms with van der Waals surface area (Å²) in [5.74, 6) is -2.52. The molecule has 1 saturated carbocycles. The first-order valence-corrected chi connectivity index (χ1v) is 18.0. The third-order valence-electron chi connectivity index (χ3n) is 9.60. The molecule has 3 aromatic carbocycles. The molecule has 2 atom stereocenters. The van der Waals surface area contributed by atoms with Crippen molar-refractivity contribution >= 4 is 5.69 Å². The quantitative estimate of drug-likeness (QED) is 0.0971. The van der Waals surface area contributed by atoms with Gasteiger partial charge in [-0.1, -0.05) is 70.2 Å². The summed E-state index contributed by atoms with van der Waals surface area (Å²) in [5.41, 5.74) is -1.16. The molecule has 1 aliphatic rings. The molecule has 0 amide bonds. The highest BCUT2D eigenvalue weighted by Crippen LogP contribution is 2.29. The predicted octanol–water partition coefficient (Wildman–Crippen LogP) is 6.83. The average molecular weight is 737 g/mol. The van der Waals surface area contributed by atoms with Crippen LogP contribution in [0, 0.1) is 23.3 Å². The van der Waals surface area contributed by atoms with Gasteiger partial charge in [0, 0.05) is 48.1 Å². The van der Waals surface area contributed by atoms with E-state index in [1.54, 1.807) is 0 Å². The van der Waals surface area contributed by atoms with Crippen molar-refractivity contribution in [2.45, 2.75) is 95.0 Å². The lowest BCUT2D eigenvalue weighted by molar-refractivity contribution is 0.00875. The third kappa shape index (κ3) is 11.2. The molecular formula is C39H48F4N8O2. The van der Waals surface area contributed by atoms with E-state index >= 15 is 0 Å². The maximum Gasteiger partial charge on any atom is 0.137 e. The first kappa shape index (κ1) is 39.5. The Kier molecular flexibility index (Phi) is 13.7. The van der Waals surface area contributed by atoms with E-state index in [0.717, 1.165) is 49.6 Å². The molecule has 6 rings (SSSR count). The number of benzene rings is 3. The number of hydrogen-bond donors (Lipinski definition) is 4. The van der Waals surface area contributed by atoms with E-state index in [4.69, 9.17) is 0 Å². The minimum absolute atomic E-state index is 0.00861. The van der Waals surface area contributed by atoms with E-state index in [-0.39, 0.29) is 37.3 Å². The Morgan fingerprint density at radius 2 is 1.19 bits per heavy atom. The van der Waals surface area contributed by atoms with Crippen LogP contribution in [0.2, 0.25) is 0 Å². The van der Waals surface area contributed by atoms with Gasteiger partial charge >= 0.3 is 0 Å². The normalized spacial score (nSPS) is 16.2. The number of anilines is 1. The fraction of sp³-hybridized carbons (Fsp3) is 0.436. The molecule has 1 fully saturated rings. The fourth-order valence-electron chi connectivity index (χ4n) is 6.58. The maximum absolute atomic E-state index is 14.4. The Morgan fingerprint density at radius 1 is 0.698 bits per heavy atom. The monoisotopic (exact) mass is 736 g/mol. The minimum atomic E-state index is -1.65. The zero-order valence-electron chi connectivity index (χ0n) is 30.1. The average Bonchev–Trinajstić information content (AvgIpc) is 3.82. The Bertz CT molecular complexity index is 1840. The predicted molar refractivity (Wildman–Crippen MR) is 194 cm³/mol. The molecule has 0 aliphatic heterocycles. The molecule has 2 aromatic heterocycles. The molecule has 0 saturated heterocycles. The van der Waals surface area contributed by atoms with E-state index in [1.807, 2.05) is 24.3 Å². The third-order valence-corrected chi connectivity index (χ3v) is 9.60. The summed E-state index contributed by atoms with van der Waals surface area (Å²) < 4.78 is 58.2. The van der Waals surface area contributed by atoms with Crippen molar-refractivity contribution in [3.8, 4) is 0 Å². The van der Waals surface area contributed by atoms with Crippen LogP contribution in [-0.2, 0) is 24.3 Å². The molecule has 5 aromatic rings. The standard InChI is InChI=1S/C20H22F2N4O.C19H26F2N4O/c1-14(2)15-3-6-17(7-4-15)24-10-20(27,11-26-13-23-12-25-26)18-8-5-16(21)9-19(18)22;20-15-8-9-17(18(21)10-15)19(26,12-25-14-22-13-24-25)11-23-16-6-4-2-1-3-5-7-16/h3-9,12-14,24,27H,10-11H2,1-2H3;8-10,13-14,16,23,26H,1-7,11-12H2. The Labute approximate surface area is 307 Å². The molecule has 2 unspecified atom stereocenters. The lowest BCUT2D eigenvalue weighted by Crippen LogP contribution is -2.46. The van der Waals surface area contributed by atoms with Gasteiger partial charge in [-0.05, 0) is 48.6 Å². The first-order chi connectivity index (χ1) is 25.4. The second-order valence-corrected chi connectivity index (χ2v) is 14.1. The van der Waals surface area contributed by atoms with Gasteiger partial charge in [0.2, 0.25) is 0 Å². The number of aromatic nitrogens is 6. The zero-order valence-corrected chi connectivity index (χ0v) is 30.1. The summed E-state index contributed by atoms with van der Waals surface area (Å²) in [6.45, 7) is 4.39. The number of nitrogens with zero attached hydrogens (tertiary/aromatic N) is 6. The summed E-state index contributed by atoms with van der Waals surface area (Å²) in [4.78, 5) is 7.72. The van der Waals surface area contributed by atoms with Crippen LogP contribution in [0.15, 0.2) is 86.0 Å². The molecule has 284 valence electrons. The summed E-state index contributed by atoms with van der Waals surface area (Å²) in [5, 5.41) is 37.0.